The highest BCUT2D eigenvalue weighted by Gasteiger charge is 2.38. The van der Waals surface area contributed by atoms with Crippen LogP contribution in [0.15, 0.2) is 77.6 Å². The number of benzene rings is 3. The van der Waals surface area contributed by atoms with Crippen LogP contribution in [0.3, 0.4) is 0 Å². The first kappa shape index (κ1) is 30.4. The van der Waals surface area contributed by atoms with Gasteiger partial charge in [0.1, 0.15) is 5.56 Å². The summed E-state index contributed by atoms with van der Waals surface area (Å²) >= 11 is 0. The molecule has 0 aliphatic rings. The fraction of sp³-hybridized carbons (Fsp3) is 0.233. The van der Waals surface area contributed by atoms with Gasteiger partial charge < -0.3 is 4.90 Å². The summed E-state index contributed by atoms with van der Waals surface area (Å²) in [5.41, 5.74) is -3.32. The third-order valence-electron chi connectivity index (χ3n) is 6.56. The molecule has 0 radical (unpaired) electrons. The SMILES string of the molecule is Cc1ccc(-n2[nH]c(-c3ccccc3)c(C(=O)CN(C(=O)c3cc(C(F)(F)F)cc(C(F)(F)F)c3)C(C)C)c2=O)cc1. The molecule has 3 aromatic carbocycles. The van der Waals surface area contributed by atoms with E-state index >= 15 is 0 Å². The maximum Gasteiger partial charge on any atom is 0.416 e. The molecule has 1 amide bonds. The molecule has 0 aliphatic heterocycles. The van der Waals surface area contributed by atoms with E-state index in [0.29, 0.717) is 23.4 Å². The Kier molecular flexibility index (Phi) is 8.20. The van der Waals surface area contributed by atoms with Crippen molar-refractivity contribution in [2.45, 2.75) is 39.2 Å². The lowest BCUT2D eigenvalue weighted by Gasteiger charge is -2.27. The van der Waals surface area contributed by atoms with Crippen LogP contribution >= 0.6 is 0 Å². The second-order valence-corrected chi connectivity index (χ2v) is 9.95. The minimum absolute atomic E-state index is 0.0822. The highest BCUT2D eigenvalue weighted by atomic mass is 19.4. The largest absolute Gasteiger partial charge is 0.416 e. The number of alkyl halides is 6. The van der Waals surface area contributed by atoms with Gasteiger partial charge in [0.2, 0.25) is 0 Å². The molecule has 0 atom stereocenters. The van der Waals surface area contributed by atoms with Crippen LogP contribution in [0.2, 0.25) is 0 Å². The van der Waals surface area contributed by atoms with E-state index in [-0.39, 0.29) is 17.3 Å². The predicted octanol–water partition coefficient (Wildman–Crippen LogP) is 6.91. The third kappa shape index (κ3) is 6.32. The molecule has 0 saturated carbocycles. The first-order chi connectivity index (χ1) is 19.6. The fourth-order valence-electron chi connectivity index (χ4n) is 4.35. The molecule has 0 aliphatic carbocycles. The number of carbonyl (C=O) groups is 2. The molecule has 42 heavy (non-hydrogen) atoms. The number of hydrogen-bond donors (Lipinski definition) is 1. The van der Waals surface area contributed by atoms with Gasteiger partial charge in [-0.25, -0.2) is 4.68 Å². The Hall–Kier alpha value is -4.61. The minimum atomic E-state index is -5.16. The Labute approximate surface area is 236 Å². The zero-order valence-electron chi connectivity index (χ0n) is 22.6. The lowest BCUT2D eigenvalue weighted by Crippen LogP contribution is -2.42. The monoisotopic (exact) mass is 589 g/mol. The van der Waals surface area contributed by atoms with Crippen LogP contribution in [-0.2, 0) is 12.4 Å². The second kappa shape index (κ2) is 11.3. The summed E-state index contributed by atoms with van der Waals surface area (Å²) in [7, 11) is 0. The van der Waals surface area contributed by atoms with E-state index in [1.807, 2.05) is 6.92 Å². The number of H-pyrrole nitrogens is 1. The molecule has 0 fully saturated rings. The van der Waals surface area contributed by atoms with Crippen LogP contribution in [0.25, 0.3) is 16.9 Å². The lowest BCUT2D eigenvalue weighted by atomic mass is 10.0. The molecule has 0 bridgehead atoms. The summed E-state index contributed by atoms with van der Waals surface area (Å²) in [4.78, 5) is 41.4. The van der Waals surface area contributed by atoms with Crippen molar-refractivity contribution in [3.05, 3.63) is 111 Å². The molecule has 6 nitrogen and oxygen atoms in total. The van der Waals surface area contributed by atoms with Gasteiger partial charge in [-0.05, 0) is 51.1 Å². The van der Waals surface area contributed by atoms with E-state index < -0.39 is 58.9 Å². The number of nitrogens with zero attached hydrogens (tertiary/aromatic N) is 2. The Morgan fingerprint density at radius 2 is 1.40 bits per heavy atom. The maximum absolute atomic E-state index is 13.7. The van der Waals surface area contributed by atoms with Crippen LogP contribution in [0.1, 0.15) is 51.3 Å². The first-order valence-electron chi connectivity index (χ1n) is 12.7. The molecule has 220 valence electrons. The zero-order valence-corrected chi connectivity index (χ0v) is 22.6. The van der Waals surface area contributed by atoms with Gasteiger partial charge in [-0.1, -0.05) is 48.0 Å². The van der Waals surface area contributed by atoms with Crippen LogP contribution in [0.4, 0.5) is 26.3 Å². The zero-order chi connectivity index (χ0) is 31.0. The summed E-state index contributed by atoms with van der Waals surface area (Å²) in [5.74, 6) is -2.09. The van der Waals surface area contributed by atoms with Gasteiger partial charge in [0.05, 0.1) is 29.1 Å². The van der Waals surface area contributed by atoms with E-state index in [0.717, 1.165) is 15.1 Å². The number of aromatic nitrogens is 2. The molecule has 4 aromatic rings. The number of ketones is 1. The number of amides is 1. The van der Waals surface area contributed by atoms with E-state index in [2.05, 4.69) is 5.10 Å². The smallest absolute Gasteiger partial charge is 0.329 e. The van der Waals surface area contributed by atoms with E-state index in [1.54, 1.807) is 54.6 Å². The van der Waals surface area contributed by atoms with Gasteiger partial charge >= 0.3 is 12.4 Å². The Bertz CT molecular complexity index is 1640. The minimum Gasteiger partial charge on any atom is -0.329 e. The molecular weight excluding hydrogens is 564 g/mol. The maximum atomic E-state index is 13.7. The fourth-order valence-corrected chi connectivity index (χ4v) is 4.35. The number of rotatable bonds is 7. The number of Topliss-reactive ketones (excluding diaryl/α,β-unsaturated/α-hetero) is 1. The molecule has 0 unspecified atom stereocenters. The number of nitrogens with one attached hydrogen (secondary N) is 1. The molecule has 1 N–H and O–H groups in total. The molecule has 0 saturated heterocycles. The summed E-state index contributed by atoms with van der Waals surface area (Å²) in [5, 5.41) is 2.92. The van der Waals surface area contributed by atoms with Gasteiger partial charge in [0.25, 0.3) is 11.5 Å². The third-order valence-corrected chi connectivity index (χ3v) is 6.56. The van der Waals surface area contributed by atoms with E-state index in [1.165, 1.54) is 13.8 Å². The summed E-state index contributed by atoms with van der Waals surface area (Å²) in [6.07, 6.45) is -10.3. The van der Waals surface area contributed by atoms with Crippen LogP contribution in [-0.4, -0.2) is 39.0 Å². The normalized spacial score (nSPS) is 12.0. The molecule has 12 heteroatoms. The van der Waals surface area contributed by atoms with E-state index in [4.69, 9.17) is 0 Å². The van der Waals surface area contributed by atoms with Gasteiger partial charge in [-0.2, -0.15) is 26.3 Å². The standard InChI is InChI=1S/C30H25F6N3O3/c1-17(2)38(27(41)20-13-21(29(31,32)33)15-22(14-20)30(34,35)36)16-24(40)25-26(19-7-5-4-6-8-19)37-39(28(25)42)23-11-9-18(3)10-12-23/h4-15,17,37H,16H2,1-3H3. The van der Waals surface area contributed by atoms with Crippen molar-refractivity contribution < 1.29 is 35.9 Å². The molecule has 1 heterocycles. The summed E-state index contributed by atoms with van der Waals surface area (Å²) in [6.45, 7) is 3.96. The van der Waals surface area contributed by atoms with Crippen molar-refractivity contribution in [2.24, 2.45) is 0 Å². The van der Waals surface area contributed by atoms with Crippen LogP contribution in [0.5, 0.6) is 0 Å². The van der Waals surface area contributed by atoms with Crippen molar-refractivity contribution in [3.8, 4) is 16.9 Å². The predicted molar refractivity (Wildman–Crippen MR) is 144 cm³/mol. The number of aryl methyl sites for hydroxylation is 1. The Morgan fingerprint density at radius 3 is 1.90 bits per heavy atom. The number of aromatic amines is 1. The average Bonchev–Trinajstić information content (AvgIpc) is 3.27. The van der Waals surface area contributed by atoms with Gasteiger partial charge in [-0.15, -0.1) is 0 Å². The number of hydrogen-bond acceptors (Lipinski definition) is 3. The summed E-state index contributed by atoms with van der Waals surface area (Å²) < 4.78 is 81.7. The first-order valence-corrected chi connectivity index (χ1v) is 12.7. The molecule has 4 rings (SSSR count). The highest BCUT2D eigenvalue weighted by molar-refractivity contribution is 6.05. The Morgan fingerprint density at radius 1 is 0.857 bits per heavy atom. The number of carbonyl (C=O) groups excluding carboxylic acids is 2. The van der Waals surface area contributed by atoms with Crippen molar-refractivity contribution in [1.82, 2.24) is 14.7 Å². The average molecular weight is 590 g/mol. The van der Waals surface area contributed by atoms with Gasteiger partial charge in [0.15, 0.2) is 5.78 Å². The van der Waals surface area contributed by atoms with Gasteiger partial charge in [-0.3, -0.25) is 19.5 Å². The van der Waals surface area contributed by atoms with Crippen LogP contribution < -0.4 is 5.56 Å². The van der Waals surface area contributed by atoms with Crippen molar-refractivity contribution in [2.75, 3.05) is 6.54 Å². The van der Waals surface area contributed by atoms with Crippen molar-refractivity contribution in [1.29, 1.82) is 0 Å². The molecule has 1 aromatic heterocycles. The van der Waals surface area contributed by atoms with Crippen LogP contribution in [0, 0.1) is 6.92 Å². The summed E-state index contributed by atoms with van der Waals surface area (Å²) in [6, 6.07) is 14.9. The van der Waals surface area contributed by atoms with E-state index in [9.17, 15) is 40.7 Å². The topological polar surface area (TPSA) is 75.2 Å². The number of halogens is 6. The van der Waals surface area contributed by atoms with Crippen molar-refractivity contribution in [3.63, 3.8) is 0 Å². The quantitative estimate of drug-likeness (QED) is 0.188. The molecule has 0 spiro atoms. The second-order valence-electron chi connectivity index (χ2n) is 9.95. The van der Waals surface area contributed by atoms with Crippen molar-refractivity contribution >= 4 is 11.7 Å². The van der Waals surface area contributed by atoms with Gasteiger partial charge in [0, 0.05) is 17.2 Å². The Balaban J connectivity index is 1.79. The highest BCUT2D eigenvalue weighted by Crippen LogP contribution is 2.36. The lowest BCUT2D eigenvalue weighted by molar-refractivity contribution is -0.143. The molecular formula is C30H25F6N3O3.